The van der Waals surface area contributed by atoms with Crippen LogP contribution in [0.3, 0.4) is 0 Å². The predicted molar refractivity (Wildman–Crippen MR) is 72.5 cm³/mol. The van der Waals surface area contributed by atoms with E-state index in [0.717, 1.165) is 0 Å². The zero-order valence-electron chi connectivity index (χ0n) is 12.0. The van der Waals surface area contributed by atoms with Crippen LogP contribution in [-0.4, -0.2) is 40.2 Å². The van der Waals surface area contributed by atoms with Gasteiger partial charge in [0, 0.05) is 6.04 Å². The summed E-state index contributed by atoms with van der Waals surface area (Å²) in [5.74, 6) is -1.16. The number of carbonyl (C=O) groups is 2. The second-order valence-corrected chi connectivity index (χ2v) is 5.44. The predicted octanol–water partition coefficient (Wildman–Crippen LogP) is 1.56. The van der Waals surface area contributed by atoms with E-state index in [-0.39, 0.29) is 23.6 Å². The molecule has 2 N–H and O–H groups in total. The largest absolute Gasteiger partial charge is 0.481 e. The number of nitrogens with one attached hydrogen (secondary N) is 1. The fraction of sp³-hybridized carbons (Fsp3) is 0.538. The Bertz CT molecular complexity index is 497. The summed E-state index contributed by atoms with van der Waals surface area (Å²) < 4.78 is 4.56. The topological polar surface area (TPSA) is 101 Å². The summed E-state index contributed by atoms with van der Waals surface area (Å²) in [6.07, 6.45) is 2.67. The lowest BCUT2D eigenvalue weighted by Crippen LogP contribution is -2.36. The van der Waals surface area contributed by atoms with Gasteiger partial charge in [-0.2, -0.15) is 0 Å². The van der Waals surface area contributed by atoms with Crippen LogP contribution in [0.2, 0.25) is 0 Å². The zero-order chi connectivity index (χ0) is 15.3. The SMILES string of the molecule is COC(=O)c1cncc(NC(CC(=O)O)C(C)(C)C)n1. The lowest BCUT2D eigenvalue weighted by Gasteiger charge is -2.30. The molecule has 7 nitrogen and oxygen atoms in total. The first kappa shape index (κ1) is 15.9. The van der Waals surface area contributed by atoms with Gasteiger partial charge in [0.15, 0.2) is 5.69 Å². The quantitative estimate of drug-likeness (QED) is 0.790. The van der Waals surface area contributed by atoms with Crippen molar-refractivity contribution in [2.45, 2.75) is 33.2 Å². The van der Waals surface area contributed by atoms with E-state index in [9.17, 15) is 9.59 Å². The molecule has 1 rings (SSSR count). The number of anilines is 1. The van der Waals surface area contributed by atoms with Crippen LogP contribution < -0.4 is 5.32 Å². The first-order valence-corrected chi connectivity index (χ1v) is 6.12. The molecule has 0 radical (unpaired) electrons. The van der Waals surface area contributed by atoms with Crippen molar-refractivity contribution in [3.05, 3.63) is 18.1 Å². The average Bonchev–Trinajstić information content (AvgIpc) is 2.36. The molecule has 0 amide bonds. The van der Waals surface area contributed by atoms with Gasteiger partial charge in [0.1, 0.15) is 5.82 Å². The van der Waals surface area contributed by atoms with Crippen molar-refractivity contribution in [1.82, 2.24) is 9.97 Å². The Morgan fingerprint density at radius 3 is 2.55 bits per heavy atom. The molecule has 110 valence electrons. The van der Waals surface area contributed by atoms with Gasteiger partial charge in [0.2, 0.25) is 0 Å². The highest BCUT2D eigenvalue weighted by molar-refractivity contribution is 5.87. The summed E-state index contributed by atoms with van der Waals surface area (Å²) in [5.41, 5.74) is -0.220. The minimum atomic E-state index is -0.908. The summed E-state index contributed by atoms with van der Waals surface area (Å²) in [6.45, 7) is 5.77. The normalized spacial score (nSPS) is 12.6. The first-order valence-electron chi connectivity index (χ1n) is 6.12. The monoisotopic (exact) mass is 281 g/mol. The molecule has 0 aromatic carbocycles. The standard InChI is InChI=1S/C13H19N3O4/c1-13(2,3)9(5-11(17)18)16-10-7-14-6-8(15-10)12(19)20-4/h6-7,9H,5H2,1-4H3,(H,15,16)(H,17,18). The van der Waals surface area contributed by atoms with Crippen molar-refractivity contribution in [2.24, 2.45) is 5.41 Å². The number of ether oxygens (including phenoxy) is 1. The molecule has 1 aromatic heterocycles. The van der Waals surface area contributed by atoms with Gasteiger partial charge in [-0.25, -0.2) is 9.78 Å². The Balaban J connectivity index is 2.94. The fourth-order valence-electron chi connectivity index (χ4n) is 1.57. The number of carbonyl (C=O) groups excluding carboxylic acids is 1. The molecule has 0 spiro atoms. The molecule has 1 atom stereocenters. The third kappa shape index (κ3) is 4.49. The van der Waals surface area contributed by atoms with Crippen molar-refractivity contribution in [2.75, 3.05) is 12.4 Å². The molecule has 7 heteroatoms. The number of rotatable bonds is 5. The van der Waals surface area contributed by atoms with Gasteiger partial charge >= 0.3 is 11.9 Å². The maximum absolute atomic E-state index is 11.4. The number of esters is 1. The van der Waals surface area contributed by atoms with E-state index >= 15 is 0 Å². The van der Waals surface area contributed by atoms with Crippen LogP contribution in [0.5, 0.6) is 0 Å². The Hall–Kier alpha value is -2.18. The van der Waals surface area contributed by atoms with Crippen molar-refractivity contribution in [3.8, 4) is 0 Å². The Morgan fingerprint density at radius 1 is 1.40 bits per heavy atom. The third-order valence-electron chi connectivity index (χ3n) is 2.78. The molecule has 0 saturated heterocycles. The Kier molecular flexibility index (Phi) is 5.01. The lowest BCUT2D eigenvalue weighted by molar-refractivity contribution is -0.137. The number of hydrogen-bond acceptors (Lipinski definition) is 6. The molecular weight excluding hydrogens is 262 g/mol. The second-order valence-electron chi connectivity index (χ2n) is 5.44. The molecule has 1 heterocycles. The highest BCUT2D eigenvalue weighted by atomic mass is 16.5. The van der Waals surface area contributed by atoms with Gasteiger partial charge < -0.3 is 15.2 Å². The molecule has 0 aliphatic rings. The number of aliphatic carboxylic acids is 1. The van der Waals surface area contributed by atoms with Crippen LogP contribution in [0.4, 0.5) is 5.82 Å². The van der Waals surface area contributed by atoms with E-state index in [1.165, 1.54) is 19.5 Å². The molecule has 1 unspecified atom stereocenters. The Morgan fingerprint density at radius 2 is 2.05 bits per heavy atom. The number of nitrogens with zero attached hydrogens (tertiary/aromatic N) is 2. The molecular formula is C13H19N3O4. The maximum Gasteiger partial charge on any atom is 0.358 e. The fourth-order valence-corrected chi connectivity index (χ4v) is 1.57. The van der Waals surface area contributed by atoms with E-state index in [1.807, 2.05) is 20.8 Å². The second kappa shape index (κ2) is 6.31. The highest BCUT2D eigenvalue weighted by Gasteiger charge is 2.27. The summed E-state index contributed by atoms with van der Waals surface area (Å²) >= 11 is 0. The van der Waals surface area contributed by atoms with Gasteiger partial charge in [-0.1, -0.05) is 20.8 Å². The minimum absolute atomic E-state index is 0.0619. The lowest BCUT2D eigenvalue weighted by atomic mass is 9.85. The highest BCUT2D eigenvalue weighted by Crippen LogP contribution is 2.25. The summed E-state index contributed by atoms with van der Waals surface area (Å²) in [7, 11) is 1.26. The van der Waals surface area contributed by atoms with E-state index in [2.05, 4.69) is 20.0 Å². The van der Waals surface area contributed by atoms with E-state index in [1.54, 1.807) is 0 Å². The smallest absolute Gasteiger partial charge is 0.358 e. The van der Waals surface area contributed by atoms with Gasteiger partial charge in [-0.3, -0.25) is 9.78 Å². The van der Waals surface area contributed by atoms with Crippen LogP contribution >= 0.6 is 0 Å². The molecule has 0 aliphatic carbocycles. The van der Waals surface area contributed by atoms with E-state index in [0.29, 0.717) is 5.82 Å². The maximum atomic E-state index is 11.4. The molecule has 0 saturated carbocycles. The number of carboxylic acids is 1. The zero-order valence-corrected chi connectivity index (χ0v) is 12.0. The van der Waals surface area contributed by atoms with Crippen molar-refractivity contribution in [1.29, 1.82) is 0 Å². The summed E-state index contributed by atoms with van der Waals surface area (Å²) in [5, 5.41) is 12.0. The third-order valence-corrected chi connectivity index (χ3v) is 2.78. The van der Waals surface area contributed by atoms with Gasteiger partial charge in [-0.15, -0.1) is 0 Å². The summed E-state index contributed by atoms with van der Waals surface area (Å²) in [4.78, 5) is 30.3. The van der Waals surface area contributed by atoms with Gasteiger partial charge in [0.25, 0.3) is 0 Å². The van der Waals surface area contributed by atoms with Crippen LogP contribution in [-0.2, 0) is 9.53 Å². The van der Waals surface area contributed by atoms with Gasteiger partial charge in [0.05, 0.1) is 25.9 Å². The number of methoxy groups -OCH3 is 1. The number of carboxylic acid groups (broad SMARTS) is 1. The Labute approximate surface area is 117 Å². The van der Waals surface area contributed by atoms with Crippen LogP contribution in [0, 0.1) is 5.41 Å². The molecule has 1 aromatic rings. The number of aromatic nitrogens is 2. The minimum Gasteiger partial charge on any atom is -0.481 e. The first-order chi connectivity index (χ1) is 9.24. The molecule has 20 heavy (non-hydrogen) atoms. The van der Waals surface area contributed by atoms with Crippen molar-refractivity contribution >= 4 is 17.8 Å². The van der Waals surface area contributed by atoms with Crippen molar-refractivity contribution < 1.29 is 19.4 Å². The van der Waals surface area contributed by atoms with Crippen LogP contribution in [0.15, 0.2) is 12.4 Å². The molecule has 0 bridgehead atoms. The van der Waals surface area contributed by atoms with E-state index < -0.39 is 11.9 Å². The number of hydrogen-bond donors (Lipinski definition) is 2. The van der Waals surface area contributed by atoms with E-state index in [4.69, 9.17) is 5.11 Å². The molecule has 0 fully saturated rings. The van der Waals surface area contributed by atoms with Gasteiger partial charge in [-0.05, 0) is 5.41 Å². The molecule has 0 aliphatic heterocycles. The summed E-state index contributed by atoms with van der Waals surface area (Å²) in [6, 6.07) is -0.345. The van der Waals surface area contributed by atoms with Crippen LogP contribution in [0.1, 0.15) is 37.7 Å². The average molecular weight is 281 g/mol. The van der Waals surface area contributed by atoms with Crippen molar-refractivity contribution in [3.63, 3.8) is 0 Å². The van der Waals surface area contributed by atoms with Crippen LogP contribution in [0.25, 0.3) is 0 Å².